The van der Waals surface area contributed by atoms with Crippen LogP contribution in [0.2, 0.25) is 0 Å². The Kier molecular flexibility index (Phi) is 5.70. The van der Waals surface area contributed by atoms with Gasteiger partial charge in [-0.2, -0.15) is 0 Å². The van der Waals surface area contributed by atoms with Crippen molar-refractivity contribution in [3.05, 3.63) is 11.6 Å². The van der Waals surface area contributed by atoms with Gasteiger partial charge < -0.3 is 10.2 Å². The molecule has 0 spiro atoms. The Balaban J connectivity index is 1.64. The molecule has 4 saturated carbocycles. The van der Waals surface area contributed by atoms with Gasteiger partial charge >= 0.3 is 5.97 Å². The monoisotopic (exact) mass is 416 g/mol. The molecule has 4 fully saturated rings. The van der Waals surface area contributed by atoms with E-state index >= 15 is 0 Å². The molecule has 30 heavy (non-hydrogen) atoms. The van der Waals surface area contributed by atoms with E-state index in [0.29, 0.717) is 29.5 Å². The van der Waals surface area contributed by atoms with Crippen molar-refractivity contribution >= 4 is 11.8 Å². The van der Waals surface area contributed by atoms with Crippen LogP contribution in [0.15, 0.2) is 11.6 Å². The van der Waals surface area contributed by atoms with E-state index < -0.39 is 5.97 Å². The van der Waals surface area contributed by atoms with Crippen molar-refractivity contribution in [1.29, 1.82) is 0 Å². The van der Waals surface area contributed by atoms with Gasteiger partial charge in [-0.15, -0.1) is 0 Å². The molecule has 4 rings (SSSR count). The molecule has 4 aliphatic carbocycles. The minimum atomic E-state index is -0.705. The van der Waals surface area contributed by atoms with Crippen molar-refractivity contribution in [3.63, 3.8) is 0 Å². The summed E-state index contributed by atoms with van der Waals surface area (Å²) in [4.78, 5) is 24.9. The van der Waals surface area contributed by atoms with Crippen LogP contribution in [0.1, 0.15) is 85.5 Å². The van der Waals surface area contributed by atoms with E-state index in [-0.39, 0.29) is 35.2 Å². The van der Waals surface area contributed by atoms with Crippen LogP contribution in [-0.2, 0) is 9.59 Å². The normalized spacial score (nSPS) is 48.0. The van der Waals surface area contributed by atoms with Gasteiger partial charge in [-0.1, -0.05) is 26.8 Å². The second-order valence-corrected chi connectivity index (χ2v) is 11.5. The third-order valence-corrected chi connectivity index (χ3v) is 10.3. The Morgan fingerprint density at radius 1 is 1.13 bits per heavy atom. The molecule has 0 aliphatic heterocycles. The maximum absolute atomic E-state index is 13.8. The van der Waals surface area contributed by atoms with Crippen molar-refractivity contribution in [3.8, 4) is 0 Å². The average Bonchev–Trinajstić information content (AvgIpc) is 3.05. The average molecular weight is 417 g/mol. The van der Waals surface area contributed by atoms with Gasteiger partial charge in [0.2, 0.25) is 0 Å². The number of carbonyl (C=O) groups is 2. The van der Waals surface area contributed by atoms with E-state index in [9.17, 15) is 14.7 Å². The smallest absolute Gasteiger partial charge is 0.303 e. The van der Waals surface area contributed by atoms with E-state index in [0.717, 1.165) is 56.9 Å². The van der Waals surface area contributed by atoms with Crippen LogP contribution in [0, 0.1) is 46.3 Å². The molecule has 4 nitrogen and oxygen atoms in total. The van der Waals surface area contributed by atoms with Crippen LogP contribution in [-0.4, -0.2) is 28.1 Å². The SMILES string of the molecule is CC=C1C(=O)C2C(CCC3(C)C(C(C)CCC(=O)O)CCC23)C2(C)CCC(O)CC12. The summed E-state index contributed by atoms with van der Waals surface area (Å²) in [7, 11) is 0. The van der Waals surface area contributed by atoms with Crippen LogP contribution in [0.5, 0.6) is 0 Å². The fourth-order valence-corrected chi connectivity index (χ4v) is 8.72. The summed E-state index contributed by atoms with van der Waals surface area (Å²) in [6.45, 7) is 9.04. The Bertz CT molecular complexity index is 741. The summed E-state index contributed by atoms with van der Waals surface area (Å²) >= 11 is 0. The number of carboxylic acids is 1. The fourth-order valence-electron chi connectivity index (χ4n) is 8.72. The van der Waals surface area contributed by atoms with Gasteiger partial charge in [0.1, 0.15) is 0 Å². The van der Waals surface area contributed by atoms with Gasteiger partial charge in [0.15, 0.2) is 5.78 Å². The highest BCUT2D eigenvalue weighted by Gasteiger charge is 2.64. The third kappa shape index (κ3) is 3.20. The van der Waals surface area contributed by atoms with E-state index in [4.69, 9.17) is 5.11 Å². The lowest BCUT2D eigenvalue weighted by Crippen LogP contribution is -2.58. The van der Waals surface area contributed by atoms with Crippen LogP contribution in [0.3, 0.4) is 0 Å². The zero-order valence-corrected chi connectivity index (χ0v) is 19.2. The maximum Gasteiger partial charge on any atom is 0.303 e. The molecule has 9 atom stereocenters. The first-order chi connectivity index (χ1) is 14.1. The summed E-state index contributed by atoms with van der Waals surface area (Å²) in [5.74, 6) is 1.74. The number of carboxylic acid groups (broad SMARTS) is 1. The molecule has 4 heteroatoms. The lowest BCUT2D eigenvalue weighted by Gasteiger charge is -2.61. The lowest BCUT2D eigenvalue weighted by atomic mass is 9.43. The quantitative estimate of drug-likeness (QED) is 0.614. The molecule has 0 bridgehead atoms. The minimum Gasteiger partial charge on any atom is -0.481 e. The molecule has 4 aliphatic rings. The number of carbonyl (C=O) groups excluding carboxylic acids is 1. The Morgan fingerprint density at radius 3 is 2.47 bits per heavy atom. The van der Waals surface area contributed by atoms with Crippen molar-refractivity contribution in [2.45, 2.75) is 91.6 Å². The first kappa shape index (κ1) is 22.0. The topological polar surface area (TPSA) is 74.6 Å². The number of aliphatic carboxylic acids is 1. The number of Topliss-reactive ketones (excluding diaryl/α,β-unsaturated/α-hetero) is 1. The van der Waals surface area contributed by atoms with Crippen molar-refractivity contribution < 1.29 is 19.8 Å². The fraction of sp³-hybridized carbons (Fsp3) is 0.846. The summed E-state index contributed by atoms with van der Waals surface area (Å²) < 4.78 is 0. The predicted molar refractivity (Wildman–Crippen MR) is 117 cm³/mol. The molecule has 0 saturated heterocycles. The molecule has 168 valence electrons. The van der Waals surface area contributed by atoms with Crippen molar-refractivity contribution in [2.24, 2.45) is 46.3 Å². The second kappa shape index (κ2) is 7.76. The number of hydrogen-bond donors (Lipinski definition) is 2. The van der Waals surface area contributed by atoms with Gasteiger partial charge in [-0.3, -0.25) is 9.59 Å². The standard InChI is InChI=1S/C26H40O4/c1-5-17-21-14-16(27)10-12-26(21,4)20-11-13-25(3)18(15(2)6-9-22(28)29)7-8-19(25)23(20)24(17)30/h5,15-16,18-21,23,27H,6-14H2,1-4H3,(H,28,29). The molecule has 0 aromatic heterocycles. The van der Waals surface area contributed by atoms with Crippen LogP contribution in [0.4, 0.5) is 0 Å². The Morgan fingerprint density at radius 2 is 1.80 bits per heavy atom. The van der Waals surface area contributed by atoms with Gasteiger partial charge in [-0.05, 0) is 104 Å². The first-order valence-electron chi connectivity index (χ1n) is 12.2. The summed E-state index contributed by atoms with van der Waals surface area (Å²) in [6.07, 6.45) is 9.86. The molecule has 0 radical (unpaired) electrons. The van der Waals surface area contributed by atoms with Crippen LogP contribution >= 0.6 is 0 Å². The van der Waals surface area contributed by atoms with Crippen LogP contribution in [0.25, 0.3) is 0 Å². The second-order valence-electron chi connectivity index (χ2n) is 11.5. The molecule has 0 aromatic rings. The summed E-state index contributed by atoms with van der Waals surface area (Å²) in [5, 5.41) is 19.5. The highest BCUT2D eigenvalue weighted by molar-refractivity contribution is 5.99. The first-order valence-corrected chi connectivity index (χ1v) is 12.2. The molecule has 2 N–H and O–H groups in total. The van der Waals surface area contributed by atoms with E-state index in [1.165, 1.54) is 0 Å². The Labute approximate surface area is 181 Å². The molecule has 0 amide bonds. The number of allylic oxidation sites excluding steroid dienone is 2. The van der Waals surface area contributed by atoms with Crippen molar-refractivity contribution in [2.75, 3.05) is 0 Å². The zero-order valence-electron chi connectivity index (χ0n) is 19.2. The van der Waals surface area contributed by atoms with E-state index in [2.05, 4.69) is 20.8 Å². The summed E-state index contributed by atoms with van der Waals surface area (Å²) in [6, 6.07) is 0. The number of aliphatic hydroxyl groups excluding tert-OH is 1. The maximum atomic E-state index is 13.8. The number of hydrogen-bond acceptors (Lipinski definition) is 3. The molecular weight excluding hydrogens is 376 g/mol. The highest BCUT2D eigenvalue weighted by atomic mass is 16.4. The van der Waals surface area contributed by atoms with E-state index in [1.54, 1.807) is 0 Å². The van der Waals surface area contributed by atoms with Crippen molar-refractivity contribution in [1.82, 2.24) is 0 Å². The number of fused-ring (bicyclic) bond motifs is 5. The molecular formula is C26H40O4. The van der Waals surface area contributed by atoms with Gasteiger partial charge in [0, 0.05) is 12.3 Å². The lowest BCUT2D eigenvalue weighted by molar-refractivity contribution is -0.150. The molecule has 0 heterocycles. The van der Waals surface area contributed by atoms with E-state index in [1.807, 2.05) is 13.0 Å². The Hall–Kier alpha value is -1.16. The minimum absolute atomic E-state index is 0.114. The largest absolute Gasteiger partial charge is 0.481 e. The van der Waals surface area contributed by atoms with Gasteiger partial charge in [0.05, 0.1) is 6.10 Å². The number of rotatable bonds is 4. The predicted octanol–water partition coefficient (Wildman–Crippen LogP) is 5.24. The highest BCUT2D eigenvalue weighted by Crippen LogP contribution is 2.68. The summed E-state index contributed by atoms with van der Waals surface area (Å²) in [5.41, 5.74) is 1.25. The third-order valence-electron chi connectivity index (χ3n) is 10.3. The van der Waals surface area contributed by atoms with Crippen LogP contribution < -0.4 is 0 Å². The number of aliphatic hydroxyl groups is 1. The van der Waals surface area contributed by atoms with Gasteiger partial charge in [0.25, 0.3) is 0 Å². The zero-order chi connectivity index (χ0) is 21.8. The van der Waals surface area contributed by atoms with Gasteiger partial charge in [-0.25, -0.2) is 0 Å². The number of ketones is 1. The molecule has 0 aromatic carbocycles. The molecule has 9 unspecified atom stereocenters.